The van der Waals surface area contributed by atoms with E-state index in [0.717, 1.165) is 43.0 Å². The van der Waals surface area contributed by atoms with Crippen LogP contribution in [0.3, 0.4) is 0 Å². The molecule has 2 amide bonds. The molecule has 1 fully saturated rings. The number of likely N-dealkylation sites (N-methyl/N-ethyl adjacent to an activating group) is 1. The highest BCUT2D eigenvalue weighted by atomic mass is 32.1. The Morgan fingerprint density at radius 3 is 2.37 bits per heavy atom. The summed E-state index contributed by atoms with van der Waals surface area (Å²) in [6.07, 6.45) is 0.951. The lowest BCUT2D eigenvalue weighted by molar-refractivity contribution is 0.0664. The third-order valence-electron chi connectivity index (χ3n) is 5.01. The monoisotopic (exact) mass is 385 g/mol. The Morgan fingerprint density at radius 1 is 1.11 bits per heavy atom. The van der Waals surface area contributed by atoms with E-state index in [-0.39, 0.29) is 11.8 Å². The van der Waals surface area contributed by atoms with Crippen LogP contribution in [-0.4, -0.2) is 54.8 Å². The molecule has 1 N–H and O–H groups in total. The molecule has 0 spiro atoms. The van der Waals surface area contributed by atoms with Gasteiger partial charge in [-0.25, -0.2) is 0 Å². The van der Waals surface area contributed by atoms with E-state index in [1.54, 1.807) is 11.3 Å². The van der Waals surface area contributed by atoms with Gasteiger partial charge in [-0.15, -0.1) is 11.3 Å². The molecule has 1 aliphatic heterocycles. The minimum absolute atomic E-state index is 0.0413. The van der Waals surface area contributed by atoms with Gasteiger partial charge in [-0.1, -0.05) is 19.1 Å². The maximum atomic E-state index is 12.6. The van der Waals surface area contributed by atoms with E-state index >= 15 is 0 Å². The van der Waals surface area contributed by atoms with Crippen LogP contribution < -0.4 is 5.32 Å². The van der Waals surface area contributed by atoms with Crippen molar-refractivity contribution in [3.05, 3.63) is 56.8 Å². The molecule has 5 nitrogen and oxygen atoms in total. The van der Waals surface area contributed by atoms with Crippen molar-refractivity contribution in [2.45, 2.75) is 26.8 Å². The molecule has 0 aliphatic carbocycles. The Bertz CT molecular complexity index is 805. The fourth-order valence-electron chi connectivity index (χ4n) is 3.21. The fourth-order valence-corrected chi connectivity index (χ4v) is 4.24. The molecule has 2 heterocycles. The highest BCUT2D eigenvalue weighted by molar-refractivity contribution is 7.14. The molecule has 0 bridgehead atoms. The van der Waals surface area contributed by atoms with Gasteiger partial charge in [0.25, 0.3) is 11.8 Å². The maximum absolute atomic E-state index is 12.6. The van der Waals surface area contributed by atoms with Crippen molar-refractivity contribution in [3.8, 4) is 0 Å². The standard InChI is InChI=1S/C21H27N3O2S/c1-4-18-15(2)13-19(27-18)20(25)22-14-16-5-7-17(8-6-16)21(26)24-11-9-23(3)10-12-24/h5-8,13H,4,9-12,14H2,1-3H3,(H,22,25). The first-order chi connectivity index (χ1) is 13.0. The summed E-state index contributed by atoms with van der Waals surface area (Å²) in [6.45, 7) is 7.98. The molecule has 3 rings (SSSR count). The number of hydrogen-bond donors (Lipinski definition) is 1. The Morgan fingerprint density at radius 2 is 1.78 bits per heavy atom. The first kappa shape index (κ1) is 19.6. The lowest BCUT2D eigenvalue weighted by Gasteiger charge is -2.32. The number of nitrogens with zero attached hydrogens (tertiary/aromatic N) is 2. The van der Waals surface area contributed by atoms with Crippen molar-refractivity contribution in [3.63, 3.8) is 0 Å². The first-order valence-corrected chi connectivity index (χ1v) is 10.2. The Balaban J connectivity index is 1.55. The molecule has 0 radical (unpaired) electrons. The van der Waals surface area contributed by atoms with Crippen LogP contribution in [0.2, 0.25) is 0 Å². The fraction of sp³-hybridized carbons (Fsp3) is 0.429. The van der Waals surface area contributed by atoms with Crippen LogP contribution in [-0.2, 0) is 13.0 Å². The first-order valence-electron chi connectivity index (χ1n) is 9.42. The van der Waals surface area contributed by atoms with Crippen molar-refractivity contribution in [1.29, 1.82) is 0 Å². The molecular weight excluding hydrogens is 358 g/mol. The third-order valence-corrected chi connectivity index (χ3v) is 6.39. The second-order valence-corrected chi connectivity index (χ2v) is 8.18. The minimum atomic E-state index is -0.0413. The van der Waals surface area contributed by atoms with Gasteiger partial charge in [0.15, 0.2) is 0 Å². The molecule has 1 aromatic heterocycles. The zero-order chi connectivity index (χ0) is 19.4. The van der Waals surface area contributed by atoms with Crippen molar-refractivity contribution >= 4 is 23.2 Å². The summed E-state index contributed by atoms with van der Waals surface area (Å²) < 4.78 is 0. The van der Waals surface area contributed by atoms with E-state index in [1.165, 1.54) is 10.4 Å². The number of nitrogens with one attached hydrogen (secondary N) is 1. The van der Waals surface area contributed by atoms with Crippen LogP contribution in [0.5, 0.6) is 0 Å². The molecule has 1 saturated heterocycles. The van der Waals surface area contributed by atoms with E-state index in [2.05, 4.69) is 24.2 Å². The van der Waals surface area contributed by atoms with Gasteiger partial charge in [0.1, 0.15) is 0 Å². The molecular formula is C21H27N3O2S. The number of aryl methyl sites for hydroxylation is 2. The predicted molar refractivity (Wildman–Crippen MR) is 109 cm³/mol. The molecule has 2 aromatic rings. The Hall–Kier alpha value is -2.18. The quantitative estimate of drug-likeness (QED) is 0.861. The summed E-state index contributed by atoms with van der Waals surface area (Å²) in [5.74, 6) is 0.0419. The molecule has 27 heavy (non-hydrogen) atoms. The van der Waals surface area contributed by atoms with Gasteiger partial charge in [-0.3, -0.25) is 9.59 Å². The van der Waals surface area contributed by atoms with E-state index in [1.807, 2.05) is 42.2 Å². The topological polar surface area (TPSA) is 52.7 Å². The summed E-state index contributed by atoms with van der Waals surface area (Å²) in [5, 5.41) is 2.97. The second-order valence-electron chi connectivity index (χ2n) is 7.05. The van der Waals surface area contributed by atoms with Crippen molar-refractivity contribution in [1.82, 2.24) is 15.1 Å². The van der Waals surface area contributed by atoms with Crippen LogP contribution in [0, 0.1) is 6.92 Å². The summed E-state index contributed by atoms with van der Waals surface area (Å²) in [7, 11) is 2.07. The summed E-state index contributed by atoms with van der Waals surface area (Å²) in [4.78, 5) is 31.1. The van der Waals surface area contributed by atoms with Gasteiger partial charge in [0.2, 0.25) is 0 Å². The lowest BCUT2D eigenvalue weighted by Crippen LogP contribution is -2.47. The molecule has 1 aliphatic rings. The largest absolute Gasteiger partial charge is 0.347 e. The van der Waals surface area contributed by atoms with Gasteiger partial charge in [0.05, 0.1) is 4.88 Å². The third kappa shape index (κ3) is 4.76. The van der Waals surface area contributed by atoms with Crippen LogP contribution >= 0.6 is 11.3 Å². The van der Waals surface area contributed by atoms with Crippen LogP contribution in [0.25, 0.3) is 0 Å². The SMILES string of the molecule is CCc1sc(C(=O)NCc2ccc(C(=O)N3CCN(C)CC3)cc2)cc1C. The number of benzene rings is 1. The van der Waals surface area contributed by atoms with Crippen LogP contribution in [0.15, 0.2) is 30.3 Å². The summed E-state index contributed by atoms with van der Waals surface area (Å²) >= 11 is 1.56. The van der Waals surface area contributed by atoms with Crippen molar-refractivity contribution < 1.29 is 9.59 Å². The number of rotatable bonds is 5. The van der Waals surface area contributed by atoms with E-state index in [4.69, 9.17) is 0 Å². The number of piperazine rings is 1. The molecule has 0 saturated carbocycles. The average molecular weight is 386 g/mol. The number of thiophene rings is 1. The minimum Gasteiger partial charge on any atom is -0.347 e. The van der Waals surface area contributed by atoms with Gasteiger partial charge in [0, 0.05) is 43.2 Å². The molecule has 0 unspecified atom stereocenters. The normalized spacial score (nSPS) is 15.0. The number of amides is 2. The van der Waals surface area contributed by atoms with Gasteiger partial charge < -0.3 is 15.1 Å². The van der Waals surface area contributed by atoms with Crippen molar-refractivity contribution in [2.75, 3.05) is 33.2 Å². The predicted octanol–water partition coefficient (Wildman–Crippen LogP) is 2.94. The van der Waals surface area contributed by atoms with Gasteiger partial charge >= 0.3 is 0 Å². The zero-order valence-corrected chi connectivity index (χ0v) is 17.1. The van der Waals surface area contributed by atoms with Crippen LogP contribution in [0.4, 0.5) is 0 Å². The zero-order valence-electron chi connectivity index (χ0n) is 16.2. The lowest BCUT2D eigenvalue weighted by atomic mass is 10.1. The number of carbonyl (C=O) groups excluding carboxylic acids is 2. The van der Waals surface area contributed by atoms with E-state index < -0.39 is 0 Å². The smallest absolute Gasteiger partial charge is 0.261 e. The number of carbonyl (C=O) groups is 2. The highest BCUT2D eigenvalue weighted by Crippen LogP contribution is 2.22. The summed E-state index contributed by atoms with van der Waals surface area (Å²) in [6, 6.07) is 9.50. The van der Waals surface area contributed by atoms with Crippen LogP contribution in [0.1, 0.15) is 43.0 Å². The highest BCUT2D eigenvalue weighted by Gasteiger charge is 2.20. The molecule has 0 atom stereocenters. The van der Waals surface area contributed by atoms with Gasteiger partial charge in [-0.05, 0) is 49.7 Å². The van der Waals surface area contributed by atoms with E-state index in [0.29, 0.717) is 12.1 Å². The Labute approximate surface area is 165 Å². The average Bonchev–Trinajstić information content (AvgIpc) is 3.07. The van der Waals surface area contributed by atoms with E-state index in [9.17, 15) is 9.59 Å². The van der Waals surface area contributed by atoms with Crippen molar-refractivity contribution in [2.24, 2.45) is 0 Å². The Kier molecular flexibility index (Phi) is 6.29. The summed E-state index contributed by atoms with van der Waals surface area (Å²) in [5.41, 5.74) is 2.87. The molecule has 6 heteroatoms. The number of hydrogen-bond acceptors (Lipinski definition) is 4. The molecule has 144 valence electrons. The second kappa shape index (κ2) is 8.67. The molecule has 1 aromatic carbocycles. The maximum Gasteiger partial charge on any atom is 0.261 e. The van der Waals surface area contributed by atoms with Gasteiger partial charge in [-0.2, -0.15) is 0 Å².